The molecule has 2 unspecified atom stereocenters. The van der Waals surface area contributed by atoms with Gasteiger partial charge in [-0.15, -0.1) is 0 Å². The summed E-state index contributed by atoms with van der Waals surface area (Å²) in [5, 5.41) is 45.0. The van der Waals surface area contributed by atoms with Crippen molar-refractivity contribution in [3.63, 3.8) is 0 Å². The highest BCUT2D eigenvalue weighted by Crippen LogP contribution is 2.89. The number of hydrogen-bond acceptors (Lipinski definition) is 5. The minimum absolute atomic E-state index is 0.0267. The third kappa shape index (κ3) is 2.78. The Bertz CT molecular complexity index is 911. The van der Waals surface area contributed by atoms with Crippen LogP contribution in [0.1, 0.15) is 106 Å². The van der Waals surface area contributed by atoms with Gasteiger partial charge in [-0.3, -0.25) is 0 Å². The van der Waals surface area contributed by atoms with E-state index in [1.54, 1.807) is 0 Å². The summed E-state index contributed by atoms with van der Waals surface area (Å²) >= 11 is 0. The van der Waals surface area contributed by atoms with Crippen LogP contribution in [0.15, 0.2) is 0 Å². The molecule has 1 aliphatic heterocycles. The van der Waals surface area contributed by atoms with Crippen molar-refractivity contribution >= 4 is 0 Å². The number of aliphatic hydroxyl groups is 4. The van der Waals surface area contributed by atoms with Crippen molar-refractivity contribution in [1.82, 2.24) is 0 Å². The Morgan fingerprint density at radius 1 is 0.771 bits per heavy atom. The molecule has 6 fully saturated rings. The van der Waals surface area contributed by atoms with E-state index < -0.39 is 23.4 Å². The molecule has 5 nitrogen and oxygen atoms in total. The molecular weight excluding hydrogens is 440 g/mol. The normalized spacial score (nSPS) is 60.9. The number of rotatable bonds is 2. The quantitative estimate of drug-likeness (QED) is 0.460. The van der Waals surface area contributed by atoms with Crippen LogP contribution >= 0.6 is 0 Å². The van der Waals surface area contributed by atoms with Gasteiger partial charge in [0.1, 0.15) is 0 Å². The van der Waals surface area contributed by atoms with Crippen LogP contribution in [0.3, 0.4) is 0 Å². The Labute approximate surface area is 212 Å². The van der Waals surface area contributed by atoms with E-state index in [1.807, 2.05) is 13.8 Å². The topological polar surface area (TPSA) is 90.2 Å². The Morgan fingerprint density at radius 3 is 2.09 bits per heavy atom. The summed E-state index contributed by atoms with van der Waals surface area (Å²) in [5.74, 6) is 0.577. The van der Waals surface area contributed by atoms with Crippen molar-refractivity contribution in [1.29, 1.82) is 0 Å². The Balaban J connectivity index is 1.37. The Hall–Kier alpha value is -0.200. The molecule has 5 heteroatoms. The van der Waals surface area contributed by atoms with E-state index in [2.05, 4.69) is 34.6 Å². The molecule has 0 radical (unpaired) electrons. The lowest BCUT2D eigenvalue weighted by Gasteiger charge is -2.64. The summed E-state index contributed by atoms with van der Waals surface area (Å²) in [6.45, 7) is 15.0. The zero-order valence-corrected chi connectivity index (χ0v) is 23.1. The first-order valence-corrected chi connectivity index (χ1v) is 14.4. The molecule has 0 bridgehead atoms. The maximum absolute atomic E-state index is 11.7. The Morgan fingerprint density at radius 2 is 1.46 bits per heavy atom. The molecule has 12 atom stereocenters. The predicted molar refractivity (Wildman–Crippen MR) is 134 cm³/mol. The summed E-state index contributed by atoms with van der Waals surface area (Å²) in [7, 11) is 0. The van der Waals surface area contributed by atoms with Crippen LogP contribution in [0, 0.1) is 44.8 Å². The van der Waals surface area contributed by atoms with Gasteiger partial charge in [0.15, 0.2) is 0 Å². The van der Waals surface area contributed by atoms with Gasteiger partial charge in [-0.2, -0.15) is 0 Å². The second kappa shape index (κ2) is 6.86. The molecule has 2 spiro atoms. The van der Waals surface area contributed by atoms with Gasteiger partial charge >= 0.3 is 0 Å². The van der Waals surface area contributed by atoms with E-state index >= 15 is 0 Å². The molecule has 4 N–H and O–H groups in total. The molecule has 5 saturated carbocycles. The zero-order chi connectivity index (χ0) is 25.6. The largest absolute Gasteiger partial charge is 0.393 e. The predicted octanol–water partition coefficient (Wildman–Crippen LogP) is 4.44. The third-order valence-corrected chi connectivity index (χ3v) is 13.8. The first-order valence-electron chi connectivity index (χ1n) is 14.4. The SMILES string of the molecule is CC(C)(O)[C@H]1CC[C@@](C)([C@H]2[C@@H](O)C[C@@]3(C)C4C[C@H](O)C5C(C)(C)[C@@H](O)CC[C@@]56C[C@@]46CC[C@]23C)O1. The van der Waals surface area contributed by atoms with E-state index in [4.69, 9.17) is 4.74 Å². The average molecular weight is 491 g/mol. The second-order valence-electron chi connectivity index (χ2n) is 15.9. The van der Waals surface area contributed by atoms with Crippen LogP contribution in [0.2, 0.25) is 0 Å². The summed E-state index contributed by atoms with van der Waals surface area (Å²) in [6.07, 6.45) is 7.18. The molecule has 0 aromatic heterocycles. The van der Waals surface area contributed by atoms with Crippen molar-refractivity contribution in [2.45, 2.75) is 142 Å². The average Bonchev–Trinajstić information content (AvgIpc) is 3.08. The molecule has 0 aromatic rings. The van der Waals surface area contributed by atoms with Crippen LogP contribution in [-0.2, 0) is 4.74 Å². The molecule has 0 aromatic carbocycles. The molecule has 6 rings (SSSR count). The van der Waals surface area contributed by atoms with E-state index in [1.165, 1.54) is 6.42 Å². The maximum Gasteiger partial charge on any atom is 0.0865 e. The third-order valence-electron chi connectivity index (χ3n) is 13.8. The molecule has 0 amide bonds. The highest BCUT2D eigenvalue weighted by atomic mass is 16.5. The lowest BCUT2D eigenvalue weighted by Crippen LogP contribution is -2.62. The van der Waals surface area contributed by atoms with E-state index in [0.717, 1.165) is 51.4 Å². The van der Waals surface area contributed by atoms with Crippen molar-refractivity contribution < 1.29 is 25.2 Å². The van der Waals surface area contributed by atoms with Gasteiger partial charge in [-0.05, 0) is 117 Å². The summed E-state index contributed by atoms with van der Waals surface area (Å²) < 4.78 is 6.66. The highest BCUT2D eigenvalue weighted by Gasteiger charge is 2.84. The van der Waals surface area contributed by atoms with Crippen LogP contribution in [-0.4, -0.2) is 56.0 Å². The smallest absolute Gasteiger partial charge is 0.0865 e. The van der Waals surface area contributed by atoms with Gasteiger partial charge in [-0.25, -0.2) is 0 Å². The molecular formula is C30H50O5. The van der Waals surface area contributed by atoms with Crippen LogP contribution < -0.4 is 0 Å². The number of fused-ring (bicyclic) bond motifs is 2. The van der Waals surface area contributed by atoms with Crippen molar-refractivity contribution in [2.24, 2.45) is 44.8 Å². The van der Waals surface area contributed by atoms with Crippen LogP contribution in [0.5, 0.6) is 0 Å². The molecule has 1 heterocycles. The first kappa shape index (κ1) is 25.1. The highest BCUT2D eigenvalue weighted by molar-refractivity contribution is 5.33. The second-order valence-corrected chi connectivity index (χ2v) is 15.9. The summed E-state index contributed by atoms with van der Waals surface area (Å²) in [5.41, 5.74) is -1.35. The molecule has 200 valence electrons. The summed E-state index contributed by atoms with van der Waals surface area (Å²) in [4.78, 5) is 0. The van der Waals surface area contributed by atoms with Gasteiger partial charge in [0.05, 0.1) is 35.6 Å². The van der Waals surface area contributed by atoms with Gasteiger partial charge < -0.3 is 25.2 Å². The number of hydrogen-bond donors (Lipinski definition) is 4. The van der Waals surface area contributed by atoms with Crippen LogP contribution in [0.4, 0.5) is 0 Å². The summed E-state index contributed by atoms with van der Waals surface area (Å²) in [6, 6.07) is 0. The lowest BCUT2D eigenvalue weighted by atomic mass is 9.41. The lowest BCUT2D eigenvalue weighted by molar-refractivity contribution is -0.213. The fourth-order valence-corrected chi connectivity index (χ4v) is 12.1. The van der Waals surface area contributed by atoms with Gasteiger partial charge in [0, 0.05) is 5.92 Å². The van der Waals surface area contributed by atoms with E-state index in [9.17, 15) is 20.4 Å². The Kier molecular flexibility index (Phi) is 4.92. The van der Waals surface area contributed by atoms with Gasteiger partial charge in [0.2, 0.25) is 0 Å². The fraction of sp³-hybridized carbons (Fsp3) is 1.00. The molecule has 35 heavy (non-hydrogen) atoms. The number of aliphatic hydroxyl groups excluding tert-OH is 3. The minimum Gasteiger partial charge on any atom is -0.393 e. The maximum atomic E-state index is 11.7. The zero-order valence-electron chi connectivity index (χ0n) is 23.1. The number of ether oxygens (including phenoxy) is 1. The van der Waals surface area contributed by atoms with Crippen LogP contribution in [0.25, 0.3) is 0 Å². The minimum atomic E-state index is -0.886. The van der Waals surface area contributed by atoms with Crippen molar-refractivity contribution in [3.8, 4) is 0 Å². The van der Waals surface area contributed by atoms with E-state index in [-0.39, 0.29) is 51.1 Å². The standard InChI is InChI=1S/C30H50O5/c1-24(2)20(33)8-11-30-16-29(30)13-12-26(5)23(28(7)10-9-21(35-28)25(3,4)34)18(32)15-27(26,6)19(29)14-17(31)22(24)30/h17-23,31-34H,8-16H2,1-7H3/t17-,18-,19?,20-,21+,22?,23-,26+,27-,28-,29-,30+/m0/s1. The first-order chi connectivity index (χ1) is 16.0. The van der Waals surface area contributed by atoms with Crippen molar-refractivity contribution in [3.05, 3.63) is 0 Å². The van der Waals surface area contributed by atoms with Gasteiger partial charge in [-0.1, -0.05) is 27.7 Å². The fourth-order valence-electron chi connectivity index (χ4n) is 12.1. The molecule has 1 saturated heterocycles. The molecule has 6 aliphatic rings. The molecule has 5 aliphatic carbocycles. The van der Waals surface area contributed by atoms with Gasteiger partial charge in [0.25, 0.3) is 0 Å². The monoisotopic (exact) mass is 490 g/mol. The van der Waals surface area contributed by atoms with Crippen molar-refractivity contribution in [2.75, 3.05) is 0 Å². The van der Waals surface area contributed by atoms with E-state index in [0.29, 0.717) is 5.92 Å².